The van der Waals surface area contributed by atoms with E-state index in [0.717, 1.165) is 33.2 Å². The normalized spacial score (nSPS) is 11.4. The molecule has 116 valence electrons. The zero-order chi connectivity index (χ0) is 15.7. The molecule has 0 saturated heterocycles. The fraction of sp³-hybridized carbons (Fsp3) is 0.294. The van der Waals surface area contributed by atoms with Gasteiger partial charge in [-0.25, -0.2) is 0 Å². The smallest absolute Gasteiger partial charge is 0.0743 e. The molecule has 0 fully saturated rings. The molecule has 0 unspecified atom stereocenters. The Morgan fingerprint density at radius 1 is 1.05 bits per heavy atom. The first-order valence-corrected chi connectivity index (χ1v) is 7.41. The molecule has 5 nitrogen and oxygen atoms in total. The highest BCUT2D eigenvalue weighted by Gasteiger charge is 2.17. The fourth-order valence-corrected chi connectivity index (χ4v) is 3.18. The van der Waals surface area contributed by atoms with Crippen molar-refractivity contribution in [2.75, 3.05) is 36.9 Å². The van der Waals surface area contributed by atoms with Gasteiger partial charge < -0.3 is 25.4 Å². The Labute approximate surface area is 129 Å². The van der Waals surface area contributed by atoms with E-state index < -0.39 is 0 Å². The zero-order valence-corrected chi connectivity index (χ0v) is 12.7. The van der Waals surface area contributed by atoms with E-state index in [1.807, 2.05) is 36.2 Å². The maximum Gasteiger partial charge on any atom is 0.0743 e. The van der Waals surface area contributed by atoms with E-state index in [-0.39, 0.29) is 13.2 Å². The lowest BCUT2D eigenvalue weighted by molar-refractivity contribution is 0.281. The first kappa shape index (κ1) is 14.7. The molecular formula is C17H21N3O2. The van der Waals surface area contributed by atoms with E-state index in [9.17, 15) is 10.2 Å². The molecule has 4 N–H and O–H groups in total. The van der Waals surface area contributed by atoms with E-state index in [0.29, 0.717) is 13.1 Å². The van der Waals surface area contributed by atoms with Gasteiger partial charge in [0.1, 0.15) is 0 Å². The van der Waals surface area contributed by atoms with Gasteiger partial charge in [-0.05, 0) is 18.2 Å². The van der Waals surface area contributed by atoms with Gasteiger partial charge in [-0.3, -0.25) is 0 Å². The van der Waals surface area contributed by atoms with Gasteiger partial charge in [-0.1, -0.05) is 18.2 Å². The fourth-order valence-electron chi connectivity index (χ4n) is 3.18. The van der Waals surface area contributed by atoms with Crippen LogP contribution in [0.5, 0.6) is 0 Å². The van der Waals surface area contributed by atoms with E-state index in [1.54, 1.807) is 0 Å². The van der Waals surface area contributed by atoms with Gasteiger partial charge in [-0.15, -0.1) is 0 Å². The maximum atomic E-state index is 9.32. The molecule has 0 aliphatic heterocycles. The number of fused-ring (bicyclic) bond motifs is 3. The Balaban J connectivity index is 2.36. The molecule has 22 heavy (non-hydrogen) atoms. The minimum absolute atomic E-state index is 0.0383. The van der Waals surface area contributed by atoms with Crippen LogP contribution in [0.15, 0.2) is 36.4 Å². The number of aromatic nitrogens is 1. The number of nitrogen functional groups attached to an aromatic ring is 1. The first-order chi connectivity index (χ1) is 10.7. The number of nitrogens with two attached hydrogens (primary N) is 1. The van der Waals surface area contributed by atoms with Crippen LogP contribution in [0.1, 0.15) is 0 Å². The number of aryl methyl sites for hydroxylation is 1. The van der Waals surface area contributed by atoms with Crippen molar-refractivity contribution in [2.45, 2.75) is 0 Å². The molecule has 0 aliphatic rings. The Bertz CT molecular complexity index is 804. The van der Waals surface area contributed by atoms with E-state index in [4.69, 9.17) is 5.73 Å². The summed E-state index contributed by atoms with van der Waals surface area (Å²) in [5, 5.41) is 20.8. The number of benzene rings is 2. The van der Waals surface area contributed by atoms with Gasteiger partial charge in [0.05, 0.1) is 24.4 Å². The van der Waals surface area contributed by atoms with Crippen molar-refractivity contribution >= 4 is 33.2 Å². The summed E-state index contributed by atoms with van der Waals surface area (Å²) in [4.78, 5) is 1.99. The average Bonchev–Trinajstić information content (AvgIpc) is 2.83. The van der Waals surface area contributed by atoms with Gasteiger partial charge in [-0.2, -0.15) is 0 Å². The van der Waals surface area contributed by atoms with Crippen molar-refractivity contribution in [3.8, 4) is 0 Å². The van der Waals surface area contributed by atoms with Crippen molar-refractivity contribution in [3.63, 3.8) is 0 Å². The molecule has 0 atom stereocenters. The third-order valence-corrected chi connectivity index (χ3v) is 4.14. The Morgan fingerprint density at radius 3 is 2.41 bits per heavy atom. The summed E-state index contributed by atoms with van der Waals surface area (Å²) in [5.74, 6) is 0. The monoisotopic (exact) mass is 299 g/mol. The molecule has 0 spiro atoms. The van der Waals surface area contributed by atoms with Gasteiger partial charge in [0.25, 0.3) is 0 Å². The van der Waals surface area contributed by atoms with Gasteiger partial charge in [0.15, 0.2) is 0 Å². The van der Waals surface area contributed by atoms with E-state index in [1.165, 1.54) is 0 Å². The summed E-state index contributed by atoms with van der Waals surface area (Å²) in [6.45, 7) is 1.03. The largest absolute Gasteiger partial charge is 0.397 e. The predicted molar refractivity (Wildman–Crippen MR) is 91.2 cm³/mol. The van der Waals surface area contributed by atoms with E-state index in [2.05, 4.69) is 16.7 Å². The number of anilines is 2. The molecule has 0 bridgehead atoms. The van der Waals surface area contributed by atoms with Crippen LogP contribution in [0.2, 0.25) is 0 Å². The quantitative estimate of drug-likeness (QED) is 0.627. The molecule has 5 heteroatoms. The maximum absolute atomic E-state index is 9.32. The second-order valence-corrected chi connectivity index (χ2v) is 5.41. The Kier molecular flexibility index (Phi) is 3.92. The van der Waals surface area contributed by atoms with Crippen LogP contribution in [0, 0.1) is 0 Å². The predicted octanol–water partition coefficient (Wildman–Crippen LogP) is 1.70. The molecular weight excluding hydrogens is 278 g/mol. The first-order valence-electron chi connectivity index (χ1n) is 7.41. The molecule has 1 heterocycles. The third-order valence-electron chi connectivity index (χ3n) is 4.14. The highest BCUT2D eigenvalue weighted by Crippen LogP contribution is 2.38. The van der Waals surface area contributed by atoms with Gasteiger partial charge >= 0.3 is 0 Å². The number of nitrogens with zero attached hydrogens (tertiary/aromatic N) is 2. The van der Waals surface area contributed by atoms with Crippen molar-refractivity contribution in [1.29, 1.82) is 0 Å². The summed E-state index contributed by atoms with van der Waals surface area (Å²) in [6.07, 6.45) is 0. The number of aliphatic hydroxyl groups is 2. The van der Waals surface area contributed by atoms with Crippen molar-refractivity contribution in [2.24, 2.45) is 7.05 Å². The van der Waals surface area contributed by atoms with Crippen LogP contribution >= 0.6 is 0 Å². The minimum atomic E-state index is 0.0383. The number of para-hydroxylation sites is 1. The summed E-state index contributed by atoms with van der Waals surface area (Å²) in [7, 11) is 2.01. The van der Waals surface area contributed by atoms with Crippen LogP contribution in [-0.2, 0) is 7.05 Å². The van der Waals surface area contributed by atoms with Crippen molar-refractivity contribution in [1.82, 2.24) is 4.57 Å². The Morgan fingerprint density at radius 2 is 1.73 bits per heavy atom. The van der Waals surface area contributed by atoms with Crippen molar-refractivity contribution in [3.05, 3.63) is 36.4 Å². The number of hydrogen-bond acceptors (Lipinski definition) is 4. The summed E-state index contributed by atoms with van der Waals surface area (Å²) in [5.41, 5.74) is 10.0. The third kappa shape index (κ3) is 2.19. The van der Waals surface area contributed by atoms with Crippen LogP contribution in [0.3, 0.4) is 0 Å². The second-order valence-electron chi connectivity index (χ2n) is 5.41. The highest BCUT2D eigenvalue weighted by atomic mass is 16.3. The lowest BCUT2D eigenvalue weighted by Crippen LogP contribution is -2.29. The molecule has 0 amide bonds. The minimum Gasteiger partial charge on any atom is -0.397 e. The number of aliphatic hydroxyl groups excluding tert-OH is 2. The lowest BCUT2D eigenvalue weighted by atomic mass is 10.1. The summed E-state index contributed by atoms with van der Waals surface area (Å²) >= 11 is 0. The molecule has 0 aliphatic carbocycles. The Hall–Kier alpha value is -2.24. The molecule has 3 aromatic rings. The van der Waals surface area contributed by atoms with Crippen LogP contribution in [-0.4, -0.2) is 41.1 Å². The number of hydrogen-bond donors (Lipinski definition) is 3. The standard InChI is InChI=1S/C17H21N3O2/c1-19-14-5-3-2-4-12(14)16-15(7-6-13(18)17(16)19)20(8-10-21)9-11-22/h2-7,21-22H,8-11,18H2,1H3. The SMILES string of the molecule is Cn1c2ccccc2c2c(N(CCO)CCO)ccc(N)c21. The molecule has 1 aromatic heterocycles. The average molecular weight is 299 g/mol. The van der Waals surface area contributed by atoms with Crippen LogP contribution in [0.25, 0.3) is 21.8 Å². The summed E-state index contributed by atoms with van der Waals surface area (Å²) < 4.78 is 2.10. The van der Waals surface area contributed by atoms with E-state index >= 15 is 0 Å². The molecule has 0 radical (unpaired) electrons. The lowest BCUT2D eigenvalue weighted by Gasteiger charge is -2.24. The molecule has 0 saturated carbocycles. The molecule has 3 rings (SSSR count). The van der Waals surface area contributed by atoms with Crippen LogP contribution in [0.4, 0.5) is 11.4 Å². The molecule has 2 aromatic carbocycles. The topological polar surface area (TPSA) is 74.6 Å². The van der Waals surface area contributed by atoms with Crippen LogP contribution < -0.4 is 10.6 Å². The number of rotatable bonds is 5. The highest BCUT2D eigenvalue weighted by molar-refractivity contribution is 6.17. The van der Waals surface area contributed by atoms with Gasteiger partial charge in [0, 0.05) is 42.1 Å². The van der Waals surface area contributed by atoms with Gasteiger partial charge in [0.2, 0.25) is 0 Å². The zero-order valence-electron chi connectivity index (χ0n) is 12.7. The second kappa shape index (κ2) is 5.87. The summed E-state index contributed by atoms with van der Waals surface area (Å²) in [6, 6.07) is 12.0. The van der Waals surface area contributed by atoms with Crippen molar-refractivity contribution < 1.29 is 10.2 Å².